The molecule has 1 rings (SSSR count). The van der Waals surface area contributed by atoms with Crippen molar-refractivity contribution < 1.29 is 24.2 Å². The van der Waals surface area contributed by atoms with Gasteiger partial charge in [0, 0.05) is 25.1 Å². The normalized spacial score (nSPS) is 15.9. The molecule has 4 atom stereocenters. The van der Waals surface area contributed by atoms with Crippen LogP contribution in [-0.4, -0.2) is 73.2 Å². The monoisotopic (exact) mass is 475 g/mol. The second-order valence-corrected chi connectivity index (χ2v) is 9.58. The van der Waals surface area contributed by atoms with Crippen LogP contribution in [0, 0.1) is 5.92 Å². The Hall–Kier alpha value is -2.71. The van der Waals surface area contributed by atoms with E-state index in [9.17, 15) is 19.5 Å². The van der Waals surface area contributed by atoms with Crippen LogP contribution in [0.3, 0.4) is 0 Å². The Labute approximate surface area is 203 Å². The second-order valence-electron chi connectivity index (χ2n) is 9.58. The van der Waals surface area contributed by atoms with Gasteiger partial charge in [0.2, 0.25) is 11.8 Å². The van der Waals surface area contributed by atoms with Gasteiger partial charge in [-0.3, -0.25) is 9.59 Å². The van der Waals surface area contributed by atoms with Crippen LogP contribution < -0.4 is 10.6 Å². The Kier molecular flexibility index (Phi) is 10.9. The minimum absolute atomic E-state index is 0.0421. The number of aliphatic carboxylic acids is 1. The van der Waals surface area contributed by atoms with E-state index in [0.717, 1.165) is 5.56 Å². The third kappa shape index (κ3) is 7.14. The van der Waals surface area contributed by atoms with Crippen LogP contribution in [-0.2, 0) is 24.5 Å². The fourth-order valence-electron chi connectivity index (χ4n) is 4.05. The minimum atomic E-state index is -1.04. The number of rotatable bonds is 12. The molecule has 0 heterocycles. The summed E-state index contributed by atoms with van der Waals surface area (Å²) in [5, 5.41) is 15.3. The van der Waals surface area contributed by atoms with Crippen molar-refractivity contribution in [2.24, 2.45) is 5.92 Å². The fourth-order valence-corrected chi connectivity index (χ4v) is 4.05. The summed E-state index contributed by atoms with van der Waals surface area (Å²) in [4.78, 5) is 39.8. The molecule has 0 radical (unpaired) electrons. The van der Waals surface area contributed by atoms with Crippen LogP contribution in [0.25, 0.3) is 0 Å². The number of methoxy groups -OCH3 is 1. The van der Waals surface area contributed by atoms with E-state index in [0.29, 0.717) is 0 Å². The average Bonchev–Trinajstić information content (AvgIpc) is 2.79. The molecule has 34 heavy (non-hydrogen) atoms. The van der Waals surface area contributed by atoms with Crippen LogP contribution in [0.1, 0.15) is 47.1 Å². The summed E-state index contributed by atoms with van der Waals surface area (Å²) in [5.41, 5.74) is 0.578. The summed E-state index contributed by atoms with van der Waals surface area (Å²) >= 11 is 0. The van der Waals surface area contributed by atoms with E-state index in [-0.39, 0.29) is 23.3 Å². The Bertz CT molecular complexity index is 866. The molecule has 190 valence electrons. The van der Waals surface area contributed by atoms with Crippen molar-refractivity contribution in [1.82, 2.24) is 15.5 Å². The van der Waals surface area contributed by atoms with E-state index < -0.39 is 35.6 Å². The predicted octanol–water partition coefficient (Wildman–Crippen LogP) is 2.59. The van der Waals surface area contributed by atoms with Gasteiger partial charge in [0.15, 0.2) is 0 Å². The van der Waals surface area contributed by atoms with Gasteiger partial charge in [0.05, 0.1) is 18.2 Å². The molecule has 0 aliphatic rings. The van der Waals surface area contributed by atoms with Gasteiger partial charge in [-0.1, -0.05) is 64.1 Å². The van der Waals surface area contributed by atoms with E-state index in [4.69, 9.17) is 4.74 Å². The second kappa shape index (κ2) is 12.7. The molecule has 0 bridgehead atoms. The highest BCUT2D eigenvalue weighted by Gasteiger charge is 2.39. The highest BCUT2D eigenvalue weighted by atomic mass is 16.5. The number of likely N-dealkylation sites (N-methyl/N-ethyl adjacent to an activating group) is 2. The first-order valence-electron chi connectivity index (χ1n) is 11.5. The molecule has 0 saturated heterocycles. The van der Waals surface area contributed by atoms with Crippen molar-refractivity contribution in [2.75, 3.05) is 21.2 Å². The van der Waals surface area contributed by atoms with Crippen molar-refractivity contribution in [3.63, 3.8) is 0 Å². The molecule has 1 aromatic rings. The third-order valence-electron chi connectivity index (χ3n) is 6.43. The number of carbonyl (C=O) groups excluding carboxylic acids is 2. The highest BCUT2D eigenvalue weighted by Crippen LogP contribution is 2.27. The summed E-state index contributed by atoms with van der Waals surface area (Å²) in [6.07, 6.45) is 0.963. The lowest BCUT2D eigenvalue weighted by Crippen LogP contribution is -2.61. The first-order valence-corrected chi connectivity index (χ1v) is 11.5. The maximum Gasteiger partial charge on any atom is 0.331 e. The first-order chi connectivity index (χ1) is 15.8. The van der Waals surface area contributed by atoms with Crippen molar-refractivity contribution in [1.29, 1.82) is 0 Å². The SMILES string of the molecule is CN[C@H](C(=O)N[C@H](C(=O)N(C)[C@H](/C=C(\C)C(=O)O)C(C)C)[C@H](C)OC)C(C)(C)c1ccccc1. The predicted molar refractivity (Wildman–Crippen MR) is 134 cm³/mol. The zero-order valence-corrected chi connectivity index (χ0v) is 21.9. The van der Waals surface area contributed by atoms with E-state index in [1.54, 1.807) is 27.1 Å². The number of nitrogens with zero attached hydrogens (tertiary/aromatic N) is 1. The number of nitrogens with one attached hydrogen (secondary N) is 2. The standard InChI is InChI=1S/C26H41N3O5/c1-16(2)20(15-17(3)25(32)33)29(8)24(31)21(18(4)34-9)28-23(30)22(27-7)26(5,6)19-13-11-10-12-14-19/h10-16,18,20-22,27H,1-9H3,(H,28,30)(H,32,33)/b17-15+/t18-,20+,21-,22+/m0/s1. The van der Waals surface area contributed by atoms with Crippen molar-refractivity contribution in [3.05, 3.63) is 47.5 Å². The molecule has 8 heteroatoms. The first kappa shape index (κ1) is 29.3. The molecular weight excluding hydrogens is 434 g/mol. The van der Waals surface area contributed by atoms with E-state index in [1.807, 2.05) is 58.0 Å². The van der Waals surface area contributed by atoms with Gasteiger partial charge in [-0.25, -0.2) is 4.79 Å². The largest absolute Gasteiger partial charge is 0.478 e. The molecule has 0 unspecified atom stereocenters. The number of amides is 2. The Morgan fingerprint density at radius 1 is 1.12 bits per heavy atom. The molecule has 1 aromatic carbocycles. The number of carbonyl (C=O) groups is 3. The zero-order chi connectivity index (χ0) is 26.2. The zero-order valence-electron chi connectivity index (χ0n) is 21.9. The fraction of sp³-hybridized carbons (Fsp3) is 0.577. The summed E-state index contributed by atoms with van der Waals surface area (Å²) in [6.45, 7) is 11.0. The van der Waals surface area contributed by atoms with Gasteiger partial charge < -0.3 is 25.4 Å². The lowest BCUT2D eigenvalue weighted by Gasteiger charge is -2.37. The Balaban J connectivity index is 3.25. The topological polar surface area (TPSA) is 108 Å². The smallest absolute Gasteiger partial charge is 0.331 e. The van der Waals surface area contributed by atoms with Gasteiger partial charge in [0.25, 0.3) is 0 Å². The molecule has 0 aliphatic carbocycles. The molecule has 8 nitrogen and oxygen atoms in total. The van der Waals surface area contributed by atoms with E-state index >= 15 is 0 Å². The number of carboxylic acid groups (broad SMARTS) is 1. The van der Waals surface area contributed by atoms with Crippen LogP contribution in [0.2, 0.25) is 0 Å². The van der Waals surface area contributed by atoms with Crippen LogP contribution in [0.5, 0.6) is 0 Å². The van der Waals surface area contributed by atoms with Crippen LogP contribution in [0.15, 0.2) is 42.0 Å². The molecule has 0 saturated carbocycles. The molecular formula is C26H41N3O5. The van der Waals surface area contributed by atoms with Crippen molar-refractivity contribution in [2.45, 2.75) is 71.2 Å². The van der Waals surface area contributed by atoms with Gasteiger partial charge in [-0.15, -0.1) is 0 Å². The number of carboxylic acids is 1. The Morgan fingerprint density at radius 2 is 1.68 bits per heavy atom. The molecule has 0 fully saturated rings. The summed E-state index contributed by atoms with van der Waals surface area (Å²) in [5.74, 6) is -1.77. The van der Waals surface area contributed by atoms with Crippen LogP contribution in [0.4, 0.5) is 0 Å². The molecule has 0 spiro atoms. The van der Waals surface area contributed by atoms with Gasteiger partial charge >= 0.3 is 5.97 Å². The third-order valence-corrected chi connectivity index (χ3v) is 6.43. The number of benzene rings is 1. The van der Waals surface area contributed by atoms with Gasteiger partial charge in [0.1, 0.15) is 6.04 Å². The molecule has 3 N–H and O–H groups in total. The van der Waals surface area contributed by atoms with E-state index in [2.05, 4.69) is 10.6 Å². The quantitative estimate of drug-likeness (QED) is 0.401. The number of ether oxygens (including phenoxy) is 1. The maximum atomic E-state index is 13.5. The molecule has 2 amide bonds. The lowest BCUT2D eigenvalue weighted by atomic mass is 9.77. The summed E-state index contributed by atoms with van der Waals surface area (Å²) in [7, 11) is 4.81. The lowest BCUT2D eigenvalue weighted by molar-refractivity contribution is -0.141. The molecule has 0 aromatic heterocycles. The van der Waals surface area contributed by atoms with Crippen molar-refractivity contribution in [3.8, 4) is 0 Å². The highest BCUT2D eigenvalue weighted by molar-refractivity contribution is 5.91. The van der Waals surface area contributed by atoms with Crippen LogP contribution >= 0.6 is 0 Å². The minimum Gasteiger partial charge on any atom is -0.478 e. The Morgan fingerprint density at radius 3 is 2.12 bits per heavy atom. The number of hydrogen-bond donors (Lipinski definition) is 3. The van der Waals surface area contributed by atoms with Gasteiger partial charge in [-0.2, -0.15) is 0 Å². The van der Waals surface area contributed by atoms with E-state index in [1.165, 1.54) is 18.9 Å². The average molecular weight is 476 g/mol. The maximum absolute atomic E-state index is 13.5. The molecule has 0 aliphatic heterocycles. The number of hydrogen-bond acceptors (Lipinski definition) is 5. The summed E-state index contributed by atoms with van der Waals surface area (Å²) < 4.78 is 5.44. The summed E-state index contributed by atoms with van der Waals surface area (Å²) in [6, 6.07) is 7.67. The van der Waals surface area contributed by atoms with Crippen molar-refractivity contribution >= 4 is 17.8 Å². The van der Waals surface area contributed by atoms with Gasteiger partial charge in [-0.05, 0) is 32.4 Å².